The summed E-state index contributed by atoms with van der Waals surface area (Å²) < 4.78 is 27.1. The highest BCUT2D eigenvalue weighted by molar-refractivity contribution is 7.89. The summed E-state index contributed by atoms with van der Waals surface area (Å²) in [6.07, 6.45) is 1.07. The third kappa shape index (κ3) is 13.1. The molecule has 0 spiro atoms. The molecule has 240 valence electrons. The molecule has 0 bridgehead atoms. The summed E-state index contributed by atoms with van der Waals surface area (Å²) in [5, 5.41) is 5.36. The number of aldehydes is 1. The van der Waals surface area contributed by atoms with Crippen molar-refractivity contribution in [2.24, 2.45) is 17.2 Å². The van der Waals surface area contributed by atoms with Crippen LogP contribution in [-0.2, 0) is 30.8 Å². The standard InChI is InChI=1S/C24H31ClN4O5S.C5H15N3/c1-3-29(4-2)35(33,34)18-11-12-19(25)22(16-18)28-24(32)21(27-23(31)20(26)14-15-30)13-10-17-8-6-5-7-9-17;1-8(4-2-6)5-3-7/h5-9,11-12,15-16,20-21H,3-4,10,13-14,26H2,1-2H3,(H,27,31)(H,28,32);2-7H2,1H3. The second-order valence-electron chi connectivity index (χ2n) is 9.70. The van der Waals surface area contributed by atoms with Crippen LogP contribution in [0.4, 0.5) is 5.69 Å². The average molecular weight is 640 g/mol. The molecule has 2 rings (SSSR count). The Labute approximate surface area is 260 Å². The van der Waals surface area contributed by atoms with E-state index in [2.05, 4.69) is 15.5 Å². The Morgan fingerprint density at radius 1 is 1.00 bits per heavy atom. The van der Waals surface area contributed by atoms with Crippen LogP contribution in [0.1, 0.15) is 32.3 Å². The summed E-state index contributed by atoms with van der Waals surface area (Å²) in [5.41, 5.74) is 17.3. The van der Waals surface area contributed by atoms with Crippen LogP contribution in [0, 0.1) is 0 Å². The molecule has 0 radical (unpaired) electrons. The van der Waals surface area contributed by atoms with Gasteiger partial charge in [-0.3, -0.25) is 9.59 Å². The lowest BCUT2D eigenvalue weighted by Gasteiger charge is -2.22. The van der Waals surface area contributed by atoms with E-state index >= 15 is 0 Å². The zero-order valence-electron chi connectivity index (χ0n) is 25.2. The number of anilines is 1. The number of benzene rings is 2. The fraction of sp³-hybridized carbons (Fsp3) is 0.483. The van der Waals surface area contributed by atoms with Gasteiger partial charge in [0.1, 0.15) is 12.3 Å². The number of nitrogens with one attached hydrogen (secondary N) is 2. The van der Waals surface area contributed by atoms with Crippen molar-refractivity contribution < 1.29 is 22.8 Å². The topological polar surface area (TPSA) is 194 Å². The zero-order valence-corrected chi connectivity index (χ0v) is 26.7. The van der Waals surface area contributed by atoms with Crippen molar-refractivity contribution in [1.82, 2.24) is 14.5 Å². The lowest BCUT2D eigenvalue weighted by Crippen LogP contribution is -2.50. The number of nitrogens with two attached hydrogens (primary N) is 3. The van der Waals surface area contributed by atoms with Crippen molar-refractivity contribution in [1.29, 1.82) is 0 Å². The molecule has 0 heterocycles. The van der Waals surface area contributed by atoms with E-state index in [4.69, 9.17) is 28.8 Å². The first-order valence-electron chi connectivity index (χ1n) is 14.2. The van der Waals surface area contributed by atoms with Gasteiger partial charge in [0.15, 0.2) is 0 Å². The molecular formula is C29H46ClN7O5S. The lowest BCUT2D eigenvalue weighted by atomic mass is 10.0. The minimum atomic E-state index is -3.78. The number of aryl methyl sites for hydroxylation is 1. The molecule has 2 amide bonds. The van der Waals surface area contributed by atoms with Gasteiger partial charge in [0.25, 0.3) is 0 Å². The first-order chi connectivity index (χ1) is 20.4. The summed E-state index contributed by atoms with van der Waals surface area (Å²) in [6, 6.07) is 11.4. The molecule has 8 N–H and O–H groups in total. The Hall–Kier alpha value is -2.91. The third-order valence-electron chi connectivity index (χ3n) is 6.44. The van der Waals surface area contributed by atoms with E-state index in [-0.39, 0.29) is 41.5 Å². The first-order valence-corrected chi connectivity index (χ1v) is 16.0. The highest BCUT2D eigenvalue weighted by Crippen LogP contribution is 2.27. The maximum atomic E-state index is 13.2. The van der Waals surface area contributed by atoms with E-state index in [1.165, 1.54) is 22.5 Å². The number of rotatable bonds is 17. The molecule has 14 heteroatoms. The van der Waals surface area contributed by atoms with Gasteiger partial charge in [-0.1, -0.05) is 55.8 Å². The largest absolute Gasteiger partial charge is 0.343 e. The molecule has 43 heavy (non-hydrogen) atoms. The number of likely N-dealkylation sites (N-methyl/N-ethyl adjacent to an activating group) is 1. The second kappa shape index (κ2) is 20.1. The number of carbonyl (C=O) groups excluding carboxylic acids is 3. The summed E-state index contributed by atoms with van der Waals surface area (Å²) in [5.74, 6) is -1.24. The Morgan fingerprint density at radius 3 is 2.14 bits per heavy atom. The molecular weight excluding hydrogens is 594 g/mol. The molecule has 12 nitrogen and oxygen atoms in total. The normalized spacial score (nSPS) is 12.7. The van der Waals surface area contributed by atoms with Gasteiger partial charge >= 0.3 is 0 Å². The summed E-state index contributed by atoms with van der Waals surface area (Å²) >= 11 is 6.24. The average Bonchev–Trinajstić information content (AvgIpc) is 2.97. The fourth-order valence-corrected chi connectivity index (χ4v) is 5.61. The van der Waals surface area contributed by atoms with Gasteiger partial charge in [-0.2, -0.15) is 4.31 Å². The molecule has 0 fully saturated rings. The van der Waals surface area contributed by atoms with Crippen LogP contribution >= 0.6 is 11.6 Å². The Kier molecular flexibility index (Phi) is 17.8. The van der Waals surface area contributed by atoms with E-state index in [1.807, 2.05) is 37.4 Å². The van der Waals surface area contributed by atoms with Crippen LogP contribution in [0.25, 0.3) is 0 Å². The van der Waals surface area contributed by atoms with Crippen molar-refractivity contribution in [2.45, 2.75) is 50.1 Å². The molecule has 2 atom stereocenters. The van der Waals surface area contributed by atoms with Gasteiger partial charge < -0.3 is 37.5 Å². The van der Waals surface area contributed by atoms with Gasteiger partial charge in [0.2, 0.25) is 21.8 Å². The van der Waals surface area contributed by atoms with Crippen LogP contribution in [0.15, 0.2) is 53.4 Å². The molecule has 0 saturated heterocycles. The van der Waals surface area contributed by atoms with Crippen molar-refractivity contribution in [2.75, 3.05) is 51.6 Å². The molecule has 2 unspecified atom stereocenters. The van der Waals surface area contributed by atoms with Crippen LogP contribution in [0.2, 0.25) is 5.02 Å². The quantitative estimate of drug-likeness (QED) is 0.158. The zero-order chi connectivity index (χ0) is 32.4. The monoisotopic (exact) mass is 639 g/mol. The minimum absolute atomic E-state index is 0.0150. The smallest absolute Gasteiger partial charge is 0.247 e. The van der Waals surface area contributed by atoms with E-state index in [0.717, 1.165) is 31.7 Å². The predicted octanol–water partition coefficient (Wildman–Crippen LogP) is 1.18. The molecule has 0 aliphatic rings. The summed E-state index contributed by atoms with van der Waals surface area (Å²) in [4.78, 5) is 38.4. The van der Waals surface area contributed by atoms with Gasteiger partial charge in [0, 0.05) is 45.7 Å². The molecule has 0 aromatic heterocycles. The number of hydrogen-bond acceptors (Lipinski definition) is 9. The predicted molar refractivity (Wildman–Crippen MR) is 171 cm³/mol. The highest BCUT2D eigenvalue weighted by atomic mass is 35.5. The van der Waals surface area contributed by atoms with Crippen molar-refractivity contribution >= 4 is 45.4 Å². The molecule has 0 aliphatic heterocycles. The Balaban J connectivity index is 0.00000101. The number of nitrogens with zero attached hydrogens (tertiary/aromatic N) is 2. The number of hydrogen-bond donors (Lipinski definition) is 5. The Morgan fingerprint density at radius 2 is 1.60 bits per heavy atom. The SMILES string of the molecule is CCN(CC)S(=O)(=O)c1ccc(Cl)c(NC(=O)C(CCc2ccccc2)NC(=O)C(N)CC=O)c1.CN(CCN)CCN. The van der Waals surface area contributed by atoms with E-state index in [0.29, 0.717) is 12.7 Å². The first kappa shape index (κ1) is 38.1. The molecule has 2 aromatic rings. The van der Waals surface area contributed by atoms with E-state index in [1.54, 1.807) is 13.8 Å². The van der Waals surface area contributed by atoms with Gasteiger partial charge in [-0.05, 0) is 43.7 Å². The van der Waals surface area contributed by atoms with Gasteiger partial charge in [-0.25, -0.2) is 8.42 Å². The van der Waals surface area contributed by atoms with Crippen LogP contribution < -0.4 is 27.8 Å². The maximum absolute atomic E-state index is 13.2. The van der Waals surface area contributed by atoms with Crippen LogP contribution in [0.5, 0.6) is 0 Å². The van der Waals surface area contributed by atoms with Gasteiger partial charge in [-0.15, -0.1) is 0 Å². The number of halogens is 1. The second-order valence-corrected chi connectivity index (χ2v) is 12.0. The van der Waals surface area contributed by atoms with Crippen molar-refractivity contribution in [3.05, 3.63) is 59.1 Å². The molecule has 0 saturated carbocycles. The minimum Gasteiger partial charge on any atom is -0.343 e. The van der Waals surface area contributed by atoms with Crippen LogP contribution in [0.3, 0.4) is 0 Å². The summed E-state index contributed by atoms with van der Waals surface area (Å²) in [6.45, 7) is 7.36. The van der Waals surface area contributed by atoms with E-state index < -0.39 is 33.9 Å². The highest BCUT2D eigenvalue weighted by Gasteiger charge is 2.26. The fourth-order valence-electron chi connectivity index (χ4n) is 3.96. The molecule has 0 aliphatic carbocycles. The summed E-state index contributed by atoms with van der Waals surface area (Å²) in [7, 11) is -1.76. The van der Waals surface area contributed by atoms with Crippen LogP contribution in [-0.4, -0.2) is 94.1 Å². The number of amides is 2. The van der Waals surface area contributed by atoms with E-state index in [9.17, 15) is 22.8 Å². The third-order valence-corrected chi connectivity index (χ3v) is 8.82. The molecule has 2 aromatic carbocycles. The van der Waals surface area contributed by atoms with Crippen molar-refractivity contribution in [3.8, 4) is 0 Å². The lowest BCUT2D eigenvalue weighted by molar-refractivity contribution is -0.128. The Bertz CT molecular complexity index is 1240. The number of sulfonamides is 1. The number of carbonyl (C=O) groups is 3. The van der Waals surface area contributed by atoms with Gasteiger partial charge in [0.05, 0.1) is 21.6 Å². The maximum Gasteiger partial charge on any atom is 0.247 e. The van der Waals surface area contributed by atoms with Crippen molar-refractivity contribution in [3.63, 3.8) is 0 Å².